The first-order chi connectivity index (χ1) is 10.1. The first-order valence-corrected chi connectivity index (χ1v) is 7.24. The molecule has 0 spiro atoms. The monoisotopic (exact) mass is 305 g/mol. The molecule has 0 aliphatic heterocycles. The Morgan fingerprint density at radius 2 is 2.19 bits per heavy atom. The largest absolute Gasteiger partial charge is 0.448 e. The molecule has 2 aromatic heterocycles. The predicted molar refractivity (Wildman–Crippen MR) is 77.8 cm³/mol. The number of carbonyl (C=O) groups is 2. The van der Waals surface area contributed by atoms with Crippen molar-refractivity contribution in [3.8, 4) is 0 Å². The maximum Gasteiger partial charge on any atom is 0.359 e. The average Bonchev–Trinajstić information content (AvgIpc) is 2.98. The van der Waals surface area contributed by atoms with E-state index in [2.05, 4.69) is 15.3 Å². The first-order valence-electron chi connectivity index (χ1n) is 6.36. The first kappa shape index (κ1) is 15.1. The Labute approximate surface area is 126 Å². The minimum Gasteiger partial charge on any atom is -0.448 e. The normalized spacial score (nSPS) is 11.7. The molecule has 2 rings (SSSR count). The molecule has 1 unspecified atom stereocenters. The van der Waals surface area contributed by atoms with Gasteiger partial charge >= 0.3 is 5.97 Å². The molecule has 0 aliphatic carbocycles. The molecule has 0 aromatic carbocycles. The van der Waals surface area contributed by atoms with Gasteiger partial charge in [-0.3, -0.25) is 9.78 Å². The average molecular weight is 305 g/mol. The highest BCUT2D eigenvalue weighted by Gasteiger charge is 2.19. The van der Waals surface area contributed by atoms with Crippen LogP contribution in [0.5, 0.6) is 0 Å². The van der Waals surface area contributed by atoms with Gasteiger partial charge in [0.1, 0.15) is 0 Å². The van der Waals surface area contributed by atoms with E-state index < -0.39 is 12.1 Å². The smallest absolute Gasteiger partial charge is 0.359 e. The molecule has 0 saturated heterocycles. The van der Waals surface area contributed by atoms with E-state index in [1.807, 2.05) is 17.5 Å². The van der Waals surface area contributed by atoms with Crippen LogP contribution in [0.2, 0.25) is 0 Å². The number of ether oxygens (including phenoxy) is 1. The van der Waals surface area contributed by atoms with Crippen molar-refractivity contribution in [2.75, 3.05) is 0 Å². The lowest BCUT2D eigenvalue weighted by atomic mass is 10.3. The van der Waals surface area contributed by atoms with Crippen molar-refractivity contribution in [1.82, 2.24) is 15.3 Å². The van der Waals surface area contributed by atoms with E-state index in [-0.39, 0.29) is 11.6 Å². The van der Waals surface area contributed by atoms with Crippen LogP contribution in [0.3, 0.4) is 0 Å². The highest BCUT2D eigenvalue weighted by molar-refractivity contribution is 7.09. The number of thiophene rings is 1. The van der Waals surface area contributed by atoms with Crippen molar-refractivity contribution in [3.63, 3.8) is 0 Å². The summed E-state index contributed by atoms with van der Waals surface area (Å²) in [7, 11) is 0. The zero-order valence-corrected chi connectivity index (χ0v) is 12.5. The van der Waals surface area contributed by atoms with E-state index in [1.54, 1.807) is 18.3 Å². The van der Waals surface area contributed by atoms with Gasteiger partial charge in [-0.15, -0.1) is 11.3 Å². The molecule has 0 bridgehead atoms. The Morgan fingerprint density at radius 1 is 1.38 bits per heavy atom. The molecule has 0 radical (unpaired) electrons. The van der Waals surface area contributed by atoms with Gasteiger partial charge in [-0.2, -0.15) is 0 Å². The van der Waals surface area contributed by atoms with Crippen molar-refractivity contribution in [2.45, 2.75) is 26.5 Å². The maximum atomic E-state index is 11.8. The molecule has 0 fully saturated rings. The number of aromatic nitrogens is 2. The van der Waals surface area contributed by atoms with Gasteiger partial charge in [-0.05, 0) is 25.3 Å². The van der Waals surface area contributed by atoms with Crippen LogP contribution in [-0.2, 0) is 16.1 Å². The zero-order chi connectivity index (χ0) is 15.2. The van der Waals surface area contributed by atoms with Gasteiger partial charge in [-0.25, -0.2) is 9.78 Å². The molecule has 1 N–H and O–H groups in total. The Bertz CT molecular complexity index is 611. The fourth-order valence-electron chi connectivity index (χ4n) is 1.50. The van der Waals surface area contributed by atoms with Gasteiger partial charge in [-0.1, -0.05) is 6.07 Å². The fourth-order valence-corrected chi connectivity index (χ4v) is 2.15. The van der Waals surface area contributed by atoms with Crippen molar-refractivity contribution in [1.29, 1.82) is 0 Å². The topological polar surface area (TPSA) is 81.2 Å². The third kappa shape index (κ3) is 4.35. The van der Waals surface area contributed by atoms with Crippen LogP contribution in [0.15, 0.2) is 29.9 Å². The number of rotatable bonds is 5. The van der Waals surface area contributed by atoms with Gasteiger partial charge in [0.05, 0.1) is 18.4 Å². The van der Waals surface area contributed by atoms with Gasteiger partial charge in [0, 0.05) is 11.1 Å². The molecule has 0 saturated carbocycles. The summed E-state index contributed by atoms with van der Waals surface area (Å²) in [5, 5.41) is 4.64. The molecule has 0 aliphatic rings. The second-order valence-corrected chi connectivity index (χ2v) is 5.42. The van der Waals surface area contributed by atoms with Crippen molar-refractivity contribution < 1.29 is 14.3 Å². The van der Waals surface area contributed by atoms with Gasteiger partial charge < -0.3 is 10.1 Å². The molecule has 2 heterocycles. The maximum absolute atomic E-state index is 11.8. The van der Waals surface area contributed by atoms with Crippen LogP contribution in [0.25, 0.3) is 0 Å². The summed E-state index contributed by atoms with van der Waals surface area (Å²) in [6, 6.07) is 3.83. The number of aryl methyl sites for hydroxylation is 1. The van der Waals surface area contributed by atoms with E-state index in [0.717, 1.165) is 4.88 Å². The number of nitrogens with zero attached hydrogens (tertiary/aromatic N) is 2. The van der Waals surface area contributed by atoms with Gasteiger partial charge in [0.2, 0.25) is 0 Å². The van der Waals surface area contributed by atoms with Crippen LogP contribution in [0.1, 0.15) is 28.0 Å². The van der Waals surface area contributed by atoms with E-state index >= 15 is 0 Å². The van der Waals surface area contributed by atoms with E-state index in [0.29, 0.717) is 12.2 Å². The Morgan fingerprint density at radius 3 is 2.81 bits per heavy atom. The van der Waals surface area contributed by atoms with Gasteiger partial charge in [0.25, 0.3) is 5.91 Å². The van der Waals surface area contributed by atoms with Crippen LogP contribution in [0, 0.1) is 6.92 Å². The van der Waals surface area contributed by atoms with Crippen molar-refractivity contribution in [3.05, 3.63) is 46.2 Å². The summed E-state index contributed by atoms with van der Waals surface area (Å²) in [5.41, 5.74) is 0.784. The lowest BCUT2D eigenvalue weighted by molar-refractivity contribution is -0.129. The number of esters is 1. The molecule has 6 nitrogen and oxygen atoms in total. The third-order valence-electron chi connectivity index (χ3n) is 2.66. The molecular weight excluding hydrogens is 290 g/mol. The zero-order valence-electron chi connectivity index (χ0n) is 11.7. The van der Waals surface area contributed by atoms with Crippen LogP contribution in [-0.4, -0.2) is 27.9 Å². The summed E-state index contributed by atoms with van der Waals surface area (Å²) < 4.78 is 5.06. The summed E-state index contributed by atoms with van der Waals surface area (Å²) in [4.78, 5) is 32.5. The van der Waals surface area contributed by atoms with E-state index in [1.165, 1.54) is 19.3 Å². The molecule has 7 heteroatoms. The van der Waals surface area contributed by atoms with Gasteiger partial charge in [0.15, 0.2) is 11.8 Å². The Balaban J connectivity index is 1.85. The Hall–Kier alpha value is -2.28. The van der Waals surface area contributed by atoms with Crippen LogP contribution >= 0.6 is 11.3 Å². The predicted octanol–water partition coefficient (Wildman–Crippen LogP) is 1.71. The summed E-state index contributed by atoms with van der Waals surface area (Å²) in [6.07, 6.45) is 1.91. The molecule has 1 amide bonds. The van der Waals surface area contributed by atoms with Crippen LogP contribution < -0.4 is 5.32 Å². The van der Waals surface area contributed by atoms with E-state index in [9.17, 15) is 9.59 Å². The summed E-state index contributed by atoms with van der Waals surface area (Å²) >= 11 is 1.55. The van der Waals surface area contributed by atoms with Crippen LogP contribution in [0.4, 0.5) is 0 Å². The molecular formula is C14H15N3O3S. The highest BCUT2D eigenvalue weighted by atomic mass is 32.1. The third-order valence-corrected chi connectivity index (χ3v) is 3.54. The molecule has 1 atom stereocenters. The molecule has 2 aromatic rings. The highest BCUT2D eigenvalue weighted by Crippen LogP contribution is 2.08. The van der Waals surface area contributed by atoms with E-state index in [4.69, 9.17) is 4.74 Å². The number of amides is 1. The minimum absolute atomic E-state index is 0.0820. The second-order valence-electron chi connectivity index (χ2n) is 4.39. The molecule has 21 heavy (non-hydrogen) atoms. The standard InChI is InChI=1S/C14H15N3O3S/c1-9-6-16-12(8-15-9)14(19)20-10(2)13(18)17-7-11-4-3-5-21-11/h3-6,8,10H,7H2,1-2H3,(H,17,18). The second kappa shape index (κ2) is 6.94. The molecule has 110 valence electrons. The summed E-state index contributed by atoms with van der Waals surface area (Å²) in [5.74, 6) is -1.02. The SMILES string of the molecule is Cc1cnc(C(=O)OC(C)C(=O)NCc2cccs2)cn1. The van der Waals surface area contributed by atoms with Crippen molar-refractivity contribution in [2.24, 2.45) is 0 Å². The number of hydrogen-bond acceptors (Lipinski definition) is 6. The Kier molecular flexibility index (Phi) is 4.99. The quantitative estimate of drug-likeness (QED) is 0.850. The fraction of sp³-hybridized carbons (Fsp3) is 0.286. The summed E-state index contributed by atoms with van der Waals surface area (Å²) in [6.45, 7) is 3.70. The van der Waals surface area contributed by atoms with Crippen molar-refractivity contribution >= 4 is 23.2 Å². The lowest BCUT2D eigenvalue weighted by Gasteiger charge is -2.12. The lowest BCUT2D eigenvalue weighted by Crippen LogP contribution is -2.35. The number of hydrogen-bond donors (Lipinski definition) is 1. The number of carbonyl (C=O) groups excluding carboxylic acids is 2. The number of nitrogens with one attached hydrogen (secondary N) is 1. The minimum atomic E-state index is -0.888.